The number of halogens is 1. The average molecular weight is 169 g/mol. The second-order valence-electron chi connectivity index (χ2n) is 2.45. The highest BCUT2D eigenvalue weighted by atomic mass is 19.1. The Morgan fingerprint density at radius 3 is 2.67 bits per heavy atom. The number of Topliss-reactive ketones (excluding diaryl/α,β-unsaturated/α-hetero) is 1. The first-order valence-electron chi connectivity index (χ1n) is 3.31. The van der Waals surface area contributed by atoms with Gasteiger partial charge in [-0.2, -0.15) is 0 Å². The summed E-state index contributed by atoms with van der Waals surface area (Å²) < 4.78 is 13.0. The molecule has 0 unspecified atom stereocenters. The summed E-state index contributed by atoms with van der Waals surface area (Å²) >= 11 is 0. The van der Waals surface area contributed by atoms with E-state index >= 15 is 0 Å². The number of nitrogen functional groups attached to an aromatic ring is 1. The number of hydrogen-bond donors (Lipinski definition) is 2. The summed E-state index contributed by atoms with van der Waals surface area (Å²) in [6.07, 6.45) is 0. The third-order valence-electron chi connectivity index (χ3n) is 1.46. The van der Waals surface area contributed by atoms with Crippen molar-refractivity contribution in [1.82, 2.24) is 0 Å². The second-order valence-corrected chi connectivity index (χ2v) is 2.45. The maximum absolute atomic E-state index is 13.0. The number of hydrogen-bond acceptors (Lipinski definition) is 3. The molecule has 0 saturated heterocycles. The molecule has 4 heteroatoms. The number of aromatic hydroxyl groups is 1. The molecule has 0 aliphatic heterocycles. The lowest BCUT2D eigenvalue weighted by Gasteiger charge is -2.02. The number of anilines is 1. The van der Waals surface area contributed by atoms with Crippen molar-refractivity contribution in [2.24, 2.45) is 0 Å². The summed E-state index contributed by atoms with van der Waals surface area (Å²) in [5.74, 6) is -1.45. The van der Waals surface area contributed by atoms with Gasteiger partial charge < -0.3 is 10.8 Å². The lowest BCUT2D eigenvalue weighted by Crippen LogP contribution is -2.00. The Morgan fingerprint density at radius 1 is 1.58 bits per heavy atom. The standard InChI is InChI=1S/C8H8FNO2/c1-4(11)6-2-5(12)3-7(10)8(6)9/h2-3,12H,10H2,1H3. The van der Waals surface area contributed by atoms with Gasteiger partial charge in [-0.1, -0.05) is 0 Å². The third-order valence-corrected chi connectivity index (χ3v) is 1.46. The van der Waals surface area contributed by atoms with E-state index in [1.165, 1.54) is 6.92 Å². The van der Waals surface area contributed by atoms with Gasteiger partial charge in [-0.15, -0.1) is 0 Å². The van der Waals surface area contributed by atoms with Crippen molar-refractivity contribution in [2.45, 2.75) is 6.92 Å². The van der Waals surface area contributed by atoms with E-state index in [9.17, 15) is 9.18 Å². The number of carbonyl (C=O) groups is 1. The number of nitrogens with two attached hydrogens (primary N) is 1. The van der Waals surface area contributed by atoms with E-state index < -0.39 is 11.6 Å². The zero-order valence-corrected chi connectivity index (χ0v) is 6.47. The van der Waals surface area contributed by atoms with Crippen LogP contribution in [0.5, 0.6) is 5.75 Å². The van der Waals surface area contributed by atoms with Crippen molar-refractivity contribution < 1.29 is 14.3 Å². The lowest BCUT2D eigenvalue weighted by molar-refractivity contribution is 0.101. The van der Waals surface area contributed by atoms with Crippen LogP contribution in [0.25, 0.3) is 0 Å². The fraction of sp³-hybridized carbons (Fsp3) is 0.125. The van der Waals surface area contributed by atoms with Crippen LogP contribution in [0.1, 0.15) is 17.3 Å². The average Bonchev–Trinajstić information content (AvgIpc) is 1.96. The summed E-state index contributed by atoms with van der Waals surface area (Å²) in [6.45, 7) is 1.21. The normalized spacial score (nSPS) is 9.83. The fourth-order valence-corrected chi connectivity index (χ4v) is 0.887. The summed E-state index contributed by atoms with van der Waals surface area (Å²) in [4.78, 5) is 10.8. The summed E-state index contributed by atoms with van der Waals surface area (Å²) in [5, 5.41) is 8.97. The van der Waals surface area contributed by atoms with Crippen LogP contribution < -0.4 is 5.73 Å². The van der Waals surface area contributed by atoms with Crippen molar-refractivity contribution >= 4 is 11.5 Å². The van der Waals surface area contributed by atoms with Crippen molar-refractivity contribution in [2.75, 3.05) is 5.73 Å². The SMILES string of the molecule is CC(=O)c1cc(O)cc(N)c1F. The van der Waals surface area contributed by atoms with Gasteiger partial charge in [-0.3, -0.25) is 4.79 Å². The lowest BCUT2D eigenvalue weighted by atomic mass is 10.1. The highest BCUT2D eigenvalue weighted by molar-refractivity contribution is 5.95. The zero-order chi connectivity index (χ0) is 9.30. The zero-order valence-electron chi connectivity index (χ0n) is 6.47. The van der Waals surface area contributed by atoms with Crippen LogP contribution in [-0.4, -0.2) is 10.9 Å². The molecule has 0 saturated carbocycles. The molecule has 0 aliphatic rings. The summed E-state index contributed by atoms with van der Waals surface area (Å²) in [7, 11) is 0. The van der Waals surface area contributed by atoms with E-state index in [2.05, 4.69) is 0 Å². The Hall–Kier alpha value is -1.58. The van der Waals surface area contributed by atoms with E-state index in [0.29, 0.717) is 0 Å². The fourth-order valence-electron chi connectivity index (χ4n) is 0.887. The highest BCUT2D eigenvalue weighted by Gasteiger charge is 2.11. The minimum Gasteiger partial charge on any atom is -0.508 e. The van der Waals surface area contributed by atoms with Crippen molar-refractivity contribution in [3.05, 3.63) is 23.5 Å². The predicted molar refractivity (Wildman–Crippen MR) is 42.5 cm³/mol. The molecule has 0 spiro atoms. The van der Waals surface area contributed by atoms with Crippen LogP contribution in [0.2, 0.25) is 0 Å². The smallest absolute Gasteiger partial charge is 0.162 e. The van der Waals surface area contributed by atoms with Crippen LogP contribution in [0.15, 0.2) is 12.1 Å². The predicted octanol–water partition coefficient (Wildman–Crippen LogP) is 1.32. The van der Waals surface area contributed by atoms with Gasteiger partial charge >= 0.3 is 0 Å². The molecular weight excluding hydrogens is 161 g/mol. The molecule has 3 N–H and O–H groups in total. The maximum atomic E-state index is 13.0. The molecule has 1 rings (SSSR count). The van der Waals surface area contributed by atoms with E-state index in [4.69, 9.17) is 10.8 Å². The first-order valence-corrected chi connectivity index (χ1v) is 3.31. The van der Waals surface area contributed by atoms with Crippen molar-refractivity contribution in [3.63, 3.8) is 0 Å². The van der Waals surface area contributed by atoms with E-state index in [1.807, 2.05) is 0 Å². The molecule has 0 aromatic heterocycles. The molecule has 12 heavy (non-hydrogen) atoms. The van der Waals surface area contributed by atoms with Gasteiger partial charge in [0.25, 0.3) is 0 Å². The molecule has 0 fully saturated rings. The highest BCUT2D eigenvalue weighted by Crippen LogP contribution is 2.22. The topological polar surface area (TPSA) is 63.3 Å². The maximum Gasteiger partial charge on any atom is 0.162 e. The third kappa shape index (κ3) is 1.37. The molecule has 0 atom stereocenters. The molecule has 0 amide bonds. The number of rotatable bonds is 1. The molecule has 0 radical (unpaired) electrons. The van der Waals surface area contributed by atoms with E-state index in [0.717, 1.165) is 12.1 Å². The quantitative estimate of drug-likeness (QED) is 0.492. The van der Waals surface area contributed by atoms with Gasteiger partial charge in [0.05, 0.1) is 11.3 Å². The number of phenolic OH excluding ortho intramolecular Hbond substituents is 1. The molecule has 0 aliphatic carbocycles. The molecule has 1 aromatic rings. The Morgan fingerprint density at radius 2 is 2.17 bits per heavy atom. The Balaban J connectivity index is 3.37. The second kappa shape index (κ2) is 2.81. The number of ketones is 1. The van der Waals surface area contributed by atoms with Gasteiger partial charge in [-0.05, 0) is 13.0 Å². The Labute approximate surface area is 68.6 Å². The van der Waals surface area contributed by atoms with Crippen LogP contribution in [0, 0.1) is 5.82 Å². The van der Waals surface area contributed by atoms with Crippen LogP contribution in [0.4, 0.5) is 10.1 Å². The molecular formula is C8H8FNO2. The van der Waals surface area contributed by atoms with Gasteiger partial charge in [0.1, 0.15) is 5.75 Å². The minimum absolute atomic E-state index is 0.187. The van der Waals surface area contributed by atoms with E-state index in [1.54, 1.807) is 0 Å². The van der Waals surface area contributed by atoms with Gasteiger partial charge in [-0.25, -0.2) is 4.39 Å². The van der Waals surface area contributed by atoms with Crippen molar-refractivity contribution in [3.8, 4) is 5.75 Å². The molecule has 3 nitrogen and oxygen atoms in total. The van der Waals surface area contributed by atoms with Crippen molar-refractivity contribution in [1.29, 1.82) is 0 Å². The number of benzene rings is 1. The largest absolute Gasteiger partial charge is 0.508 e. The van der Waals surface area contributed by atoms with Gasteiger partial charge in [0.15, 0.2) is 11.6 Å². The van der Waals surface area contributed by atoms with E-state index in [-0.39, 0.29) is 17.0 Å². The monoisotopic (exact) mass is 169 g/mol. The Kier molecular flexibility index (Phi) is 1.99. The molecule has 64 valence electrons. The number of phenols is 1. The van der Waals surface area contributed by atoms with Crippen LogP contribution in [-0.2, 0) is 0 Å². The number of carbonyl (C=O) groups excluding carboxylic acids is 1. The Bertz CT molecular complexity index is 336. The van der Waals surface area contributed by atoms with Crippen LogP contribution >= 0.6 is 0 Å². The summed E-state index contributed by atoms with van der Waals surface area (Å²) in [5.41, 5.74) is 4.76. The van der Waals surface area contributed by atoms with Crippen LogP contribution in [0.3, 0.4) is 0 Å². The summed E-state index contributed by atoms with van der Waals surface area (Å²) in [6, 6.07) is 2.11. The molecule has 0 heterocycles. The molecule has 0 bridgehead atoms. The van der Waals surface area contributed by atoms with Gasteiger partial charge in [0.2, 0.25) is 0 Å². The van der Waals surface area contributed by atoms with Gasteiger partial charge in [0, 0.05) is 6.07 Å². The molecule has 1 aromatic carbocycles. The first-order chi connectivity index (χ1) is 5.52. The first kappa shape index (κ1) is 8.52. The minimum atomic E-state index is -0.777.